The Labute approximate surface area is 117 Å². The smallest absolute Gasteiger partial charge is 0.248 e. The van der Waals surface area contributed by atoms with Crippen LogP contribution in [-0.2, 0) is 13.1 Å². The first-order chi connectivity index (χ1) is 9.69. The highest BCUT2D eigenvalue weighted by Gasteiger charge is 2.01. The van der Waals surface area contributed by atoms with Crippen LogP contribution in [0.3, 0.4) is 0 Å². The number of aromatic nitrogens is 1. The fourth-order valence-electron chi connectivity index (χ4n) is 1.86. The predicted octanol–water partition coefficient (Wildman–Crippen LogP) is 1.48. The SMILES string of the molecule is COc1cc(CNCc2cccc(C(N)=O)c2)ccn1. The number of benzene rings is 1. The minimum Gasteiger partial charge on any atom is -0.481 e. The van der Waals surface area contributed by atoms with Gasteiger partial charge in [-0.15, -0.1) is 0 Å². The van der Waals surface area contributed by atoms with Gasteiger partial charge in [0.2, 0.25) is 11.8 Å². The van der Waals surface area contributed by atoms with Crippen molar-refractivity contribution >= 4 is 5.91 Å². The van der Waals surface area contributed by atoms with Crippen molar-refractivity contribution in [1.82, 2.24) is 10.3 Å². The summed E-state index contributed by atoms with van der Waals surface area (Å²) in [6, 6.07) is 11.1. The molecular formula is C15H17N3O2. The number of nitrogens with one attached hydrogen (secondary N) is 1. The van der Waals surface area contributed by atoms with E-state index in [9.17, 15) is 4.79 Å². The highest BCUT2D eigenvalue weighted by atomic mass is 16.5. The zero-order valence-electron chi connectivity index (χ0n) is 11.3. The Hall–Kier alpha value is -2.40. The number of hydrogen-bond acceptors (Lipinski definition) is 4. The molecule has 1 aromatic carbocycles. The minimum absolute atomic E-state index is 0.411. The average Bonchev–Trinajstić information content (AvgIpc) is 2.48. The van der Waals surface area contributed by atoms with Crippen LogP contribution in [0, 0.1) is 0 Å². The van der Waals surface area contributed by atoms with E-state index in [1.165, 1.54) is 0 Å². The summed E-state index contributed by atoms with van der Waals surface area (Å²) in [5.74, 6) is 0.186. The summed E-state index contributed by atoms with van der Waals surface area (Å²) in [6.07, 6.45) is 1.71. The second kappa shape index (κ2) is 6.68. The maximum atomic E-state index is 11.1. The molecule has 5 heteroatoms. The van der Waals surface area contributed by atoms with E-state index in [1.54, 1.807) is 25.4 Å². The molecular weight excluding hydrogens is 254 g/mol. The van der Waals surface area contributed by atoms with Crippen molar-refractivity contribution in [2.75, 3.05) is 7.11 Å². The zero-order chi connectivity index (χ0) is 14.4. The van der Waals surface area contributed by atoms with Crippen molar-refractivity contribution in [3.05, 3.63) is 59.3 Å². The van der Waals surface area contributed by atoms with Crippen LogP contribution in [0.15, 0.2) is 42.6 Å². The Bertz CT molecular complexity index is 599. The second-order valence-corrected chi connectivity index (χ2v) is 4.37. The molecule has 0 saturated heterocycles. The van der Waals surface area contributed by atoms with E-state index in [4.69, 9.17) is 10.5 Å². The highest BCUT2D eigenvalue weighted by molar-refractivity contribution is 5.92. The van der Waals surface area contributed by atoms with Crippen molar-refractivity contribution in [3.63, 3.8) is 0 Å². The second-order valence-electron chi connectivity index (χ2n) is 4.37. The van der Waals surface area contributed by atoms with E-state index in [0.29, 0.717) is 24.5 Å². The molecule has 0 radical (unpaired) electrons. The van der Waals surface area contributed by atoms with Crippen LogP contribution in [0.2, 0.25) is 0 Å². The summed E-state index contributed by atoms with van der Waals surface area (Å²) in [6.45, 7) is 1.35. The molecule has 0 aliphatic rings. The maximum Gasteiger partial charge on any atom is 0.248 e. The molecule has 0 aliphatic heterocycles. The van der Waals surface area contributed by atoms with Crippen LogP contribution in [0.5, 0.6) is 5.88 Å². The molecule has 1 aromatic heterocycles. The van der Waals surface area contributed by atoms with Gasteiger partial charge in [0.25, 0.3) is 0 Å². The standard InChI is InChI=1S/C15H17N3O2/c1-20-14-8-12(5-6-18-14)10-17-9-11-3-2-4-13(7-11)15(16)19/h2-8,17H,9-10H2,1H3,(H2,16,19). The van der Waals surface area contributed by atoms with Gasteiger partial charge < -0.3 is 15.8 Å². The fraction of sp³-hybridized carbons (Fsp3) is 0.200. The Morgan fingerprint density at radius 3 is 2.70 bits per heavy atom. The third-order valence-electron chi connectivity index (χ3n) is 2.88. The topological polar surface area (TPSA) is 77.2 Å². The Morgan fingerprint density at radius 1 is 1.25 bits per heavy atom. The molecule has 20 heavy (non-hydrogen) atoms. The number of carbonyl (C=O) groups is 1. The quantitative estimate of drug-likeness (QED) is 0.834. The van der Waals surface area contributed by atoms with Gasteiger partial charge in [0.15, 0.2) is 0 Å². The van der Waals surface area contributed by atoms with Crippen LogP contribution in [-0.4, -0.2) is 18.0 Å². The van der Waals surface area contributed by atoms with Gasteiger partial charge >= 0.3 is 0 Å². The molecule has 0 saturated carbocycles. The number of nitrogens with two attached hydrogens (primary N) is 1. The summed E-state index contributed by atoms with van der Waals surface area (Å²) in [4.78, 5) is 15.2. The van der Waals surface area contributed by atoms with Crippen LogP contribution in [0.25, 0.3) is 0 Å². The molecule has 0 atom stereocenters. The summed E-state index contributed by atoms with van der Waals surface area (Å²) < 4.78 is 5.07. The minimum atomic E-state index is -0.411. The molecule has 0 bridgehead atoms. The molecule has 0 unspecified atom stereocenters. The molecule has 1 amide bonds. The summed E-state index contributed by atoms with van der Waals surface area (Å²) in [5, 5.41) is 3.30. The lowest BCUT2D eigenvalue weighted by molar-refractivity contribution is 0.1000. The number of ether oxygens (including phenoxy) is 1. The maximum absolute atomic E-state index is 11.1. The number of amides is 1. The zero-order valence-corrected chi connectivity index (χ0v) is 11.3. The monoisotopic (exact) mass is 271 g/mol. The number of primary amides is 1. The van der Waals surface area contributed by atoms with Gasteiger partial charge in [-0.3, -0.25) is 4.79 Å². The van der Waals surface area contributed by atoms with Gasteiger partial charge in [0.05, 0.1) is 7.11 Å². The number of methoxy groups -OCH3 is 1. The van der Waals surface area contributed by atoms with Gasteiger partial charge in [-0.2, -0.15) is 0 Å². The number of rotatable bonds is 6. The number of pyridine rings is 1. The molecule has 2 aromatic rings. The van der Waals surface area contributed by atoms with Gasteiger partial charge in [-0.1, -0.05) is 12.1 Å². The largest absolute Gasteiger partial charge is 0.481 e. The van der Waals surface area contributed by atoms with Crippen LogP contribution < -0.4 is 15.8 Å². The van der Waals surface area contributed by atoms with E-state index in [0.717, 1.165) is 11.1 Å². The Kier molecular flexibility index (Phi) is 4.68. The molecule has 1 heterocycles. The van der Waals surface area contributed by atoms with Gasteiger partial charge in [0.1, 0.15) is 0 Å². The third-order valence-corrected chi connectivity index (χ3v) is 2.88. The molecule has 3 N–H and O–H groups in total. The van der Waals surface area contributed by atoms with Crippen molar-refractivity contribution in [2.24, 2.45) is 5.73 Å². The highest BCUT2D eigenvalue weighted by Crippen LogP contribution is 2.09. The van der Waals surface area contributed by atoms with Crippen LogP contribution in [0.4, 0.5) is 0 Å². The summed E-state index contributed by atoms with van der Waals surface area (Å²) in [5.41, 5.74) is 7.88. The van der Waals surface area contributed by atoms with E-state index in [-0.39, 0.29) is 0 Å². The summed E-state index contributed by atoms with van der Waals surface area (Å²) >= 11 is 0. The third kappa shape index (κ3) is 3.80. The molecule has 104 valence electrons. The van der Waals surface area contributed by atoms with E-state index in [1.807, 2.05) is 24.3 Å². The van der Waals surface area contributed by atoms with Crippen molar-refractivity contribution < 1.29 is 9.53 Å². The lowest BCUT2D eigenvalue weighted by Crippen LogP contribution is -2.15. The van der Waals surface area contributed by atoms with Crippen molar-refractivity contribution in [3.8, 4) is 5.88 Å². The first kappa shape index (κ1) is 14.0. The van der Waals surface area contributed by atoms with Crippen molar-refractivity contribution in [1.29, 1.82) is 0 Å². The van der Waals surface area contributed by atoms with E-state index >= 15 is 0 Å². The molecule has 5 nitrogen and oxygen atoms in total. The predicted molar refractivity (Wildman–Crippen MR) is 76.3 cm³/mol. The van der Waals surface area contributed by atoms with Gasteiger partial charge in [0, 0.05) is 30.9 Å². The Morgan fingerprint density at radius 2 is 2.00 bits per heavy atom. The molecule has 0 fully saturated rings. The molecule has 0 spiro atoms. The number of hydrogen-bond donors (Lipinski definition) is 2. The lowest BCUT2D eigenvalue weighted by atomic mass is 10.1. The average molecular weight is 271 g/mol. The van der Waals surface area contributed by atoms with E-state index in [2.05, 4.69) is 10.3 Å². The number of nitrogens with zero attached hydrogens (tertiary/aromatic N) is 1. The van der Waals surface area contributed by atoms with E-state index < -0.39 is 5.91 Å². The Balaban J connectivity index is 1.92. The normalized spacial score (nSPS) is 10.2. The molecule has 0 aliphatic carbocycles. The first-order valence-electron chi connectivity index (χ1n) is 6.27. The first-order valence-corrected chi connectivity index (χ1v) is 6.27. The van der Waals surface area contributed by atoms with Gasteiger partial charge in [-0.05, 0) is 29.3 Å². The lowest BCUT2D eigenvalue weighted by Gasteiger charge is -2.07. The van der Waals surface area contributed by atoms with Gasteiger partial charge in [-0.25, -0.2) is 4.98 Å². The number of carbonyl (C=O) groups excluding carboxylic acids is 1. The fourth-order valence-corrected chi connectivity index (χ4v) is 1.86. The molecule has 2 rings (SSSR count). The van der Waals surface area contributed by atoms with Crippen LogP contribution in [0.1, 0.15) is 21.5 Å². The van der Waals surface area contributed by atoms with Crippen molar-refractivity contribution in [2.45, 2.75) is 13.1 Å². The van der Waals surface area contributed by atoms with Crippen LogP contribution >= 0.6 is 0 Å². The summed E-state index contributed by atoms with van der Waals surface area (Å²) in [7, 11) is 1.59.